The number of aromatic hydroxyl groups is 1. The molecule has 0 bridgehead atoms. The Morgan fingerprint density at radius 1 is 1.22 bits per heavy atom. The smallest absolute Gasteiger partial charge is 0.305 e. The molecule has 9 heteroatoms. The predicted octanol–water partition coefficient (Wildman–Crippen LogP) is 1.07. The van der Waals surface area contributed by atoms with Gasteiger partial charge in [-0.3, -0.25) is 14.4 Å². The third-order valence-corrected chi connectivity index (χ3v) is 7.39. The second kappa shape index (κ2) is 6.71. The van der Waals surface area contributed by atoms with Crippen molar-refractivity contribution in [2.75, 3.05) is 0 Å². The van der Waals surface area contributed by atoms with Crippen LogP contribution in [0.2, 0.25) is 0 Å². The number of Topliss-reactive ketones (excluding diaryl/α,β-unsaturated/α-hetero) is 2. The molecule has 4 N–H and O–H groups in total. The summed E-state index contributed by atoms with van der Waals surface area (Å²) in [7, 11) is 0. The highest BCUT2D eigenvalue weighted by molar-refractivity contribution is 6.28. The molecule has 4 aliphatic rings. The number of fused-ring (bicyclic) bond motifs is 3. The van der Waals surface area contributed by atoms with Crippen LogP contribution in [0.5, 0.6) is 5.75 Å². The maximum Gasteiger partial charge on any atom is 0.305 e. The summed E-state index contributed by atoms with van der Waals surface area (Å²) in [6.07, 6.45) is -4.03. The average molecular weight is 444 g/mol. The molecule has 1 saturated heterocycles. The molecule has 1 aromatic carbocycles. The van der Waals surface area contributed by atoms with Gasteiger partial charge in [-0.15, -0.1) is 0 Å². The fourth-order valence-corrected chi connectivity index (χ4v) is 5.69. The van der Waals surface area contributed by atoms with E-state index in [0.717, 1.165) is 0 Å². The maximum absolute atomic E-state index is 13.5. The number of hydrogen-bond acceptors (Lipinski definition) is 8. The Morgan fingerprint density at radius 2 is 1.91 bits per heavy atom. The van der Waals surface area contributed by atoms with Crippen molar-refractivity contribution in [3.63, 3.8) is 0 Å². The number of benzene rings is 1. The van der Waals surface area contributed by atoms with E-state index in [-0.39, 0.29) is 40.9 Å². The lowest BCUT2D eigenvalue weighted by molar-refractivity contribution is -0.141. The third kappa shape index (κ3) is 2.62. The molecule has 5 rings (SSSR count). The van der Waals surface area contributed by atoms with Crippen LogP contribution in [0.1, 0.15) is 65.1 Å². The lowest BCUT2D eigenvalue weighted by atomic mass is 9.77. The van der Waals surface area contributed by atoms with E-state index in [1.54, 1.807) is 13.8 Å². The Kier molecular flexibility index (Phi) is 4.46. The summed E-state index contributed by atoms with van der Waals surface area (Å²) in [4.78, 5) is 37.9. The maximum atomic E-state index is 13.5. The Hall–Kier alpha value is -2.59. The number of phenols is 1. The van der Waals surface area contributed by atoms with Crippen molar-refractivity contribution >= 4 is 17.5 Å². The van der Waals surface area contributed by atoms with E-state index in [2.05, 4.69) is 0 Å². The highest BCUT2D eigenvalue weighted by Gasteiger charge is 2.76. The van der Waals surface area contributed by atoms with Gasteiger partial charge in [0.15, 0.2) is 11.6 Å². The number of ketones is 2. The molecule has 1 saturated carbocycles. The molecule has 2 heterocycles. The first kappa shape index (κ1) is 21.3. The van der Waals surface area contributed by atoms with Gasteiger partial charge in [-0.2, -0.15) is 0 Å². The fourth-order valence-electron chi connectivity index (χ4n) is 5.69. The number of phenolic OH excluding ortho intramolecular Hbond substituents is 1. The first-order valence-corrected chi connectivity index (χ1v) is 10.6. The van der Waals surface area contributed by atoms with E-state index in [1.807, 2.05) is 0 Å². The van der Waals surface area contributed by atoms with Gasteiger partial charge in [-0.05, 0) is 38.8 Å². The number of carboxylic acid groups (broad SMARTS) is 1. The zero-order valence-electron chi connectivity index (χ0n) is 17.8. The van der Waals surface area contributed by atoms with Crippen LogP contribution in [-0.4, -0.2) is 68.0 Å². The van der Waals surface area contributed by atoms with Crippen LogP contribution < -0.4 is 0 Å². The number of carboxylic acids is 1. The third-order valence-electron chi connectivity index (χ3n) is 7.39. The lowest BCUT2D eigenvalue weighted by Gasteiger charge is -2.33. The van der Waals surface area contributed by atoms with Crippen LogP contribution in [0.15, 0.2) is 17.2 Å². The number of hydrogen-bond donors (Lipinski definition) is 4. The van der Waals surface area contributed by atoms with Crippen LogP contribution >= 0.6 is 0 Å². The molecule has 170 valence electrons. The molecular formula is C23H24O9. The van der Waals surface area contributed by atoms with Gasteiger partial charge >= 0.3 is 5.97 Å². The molecule has 32 heavy (non-hydrogen) atoms. The summed E-state index contributed by atoms with van der Waals surface area (Å²) in [5.74, 6) is -3.11. The molecule has 7 atom stereocenters. The van der Waals surface area contributed by atoms with Crippen LogP contribution in [0, 0.1) is 5.92 Å². The van der Waals surface area contributed by atoms with E-state index in [1.165, 1.54) is 13.0 Å². The number of rotatable bonds is 3. The lowest BCUT2D eigenvalue weighted by Crippen LogP contribution is -2.34. The minimum atomic E-state index is -1.45. The van der Waals surface area contributed by atoms with Crippen LogP contribution in [0.3, 0.4) is 0 Å². The number of aliphatic hydroxyl groups excluding tert-OH is 1. The van der Waals surface area contributed by atoms with E-state index < -0.39 is 59.6 Å². The van der Waals surface area contributed by atoms with Gasteiger partial charge in [0.25, 0.3) is 0 Å². The van der Waals surface area contributed by atoms with E-state index in [4.69, 9.17) is 14.6 Å². The predicted molar refractivity (Wildman–Crippen MR) is 107 cm³/mol. The number of ether oxygens (including phenoxy) is 2. The molecule has 0 amide bonds. The van der Waals surface area contributed by atoms with Crippen molar-refractivity contribution in [2.45, 2.75) is 69.7 Å². The van der Waals surface area contributed by atoms with Crippen molar-refractivity contribution in [3.05, 3.63) is 39.5 Å². The molecular weight excluding hydrogens is 420 g/mol. The van der Waals surface area contributed by atoms with Gasteiger partial charge in [0, 0.05) is 22.3 Å². The van der Waals surface area contributed by atoms with E-state index in [9.17, 15) is 29.7 Å². The monoisotopic (exact) mass is 444 g/mol. The Labute approximate surface area is 183 Å². The van der Waals surface area contributed by atoms with Crippen molar-refractivity contribution < 1.29 is 44.3 Å². The molecule has 0 radical (unpaired) electrons. The van der Waals surface area contributed by atoms with Gasteiger partial charge in [-0.1, -0.05) is 0 Å². The summed E-state index contributed by atoms with van der Waals surface area (Å²) in [6, 6.07) is 1.53. The van der Waals surface area contributed by atoms with Crippen LogP contribution in [-0.2, 0) is 20.7 Å². The quantitative estimate of drug-likeness (QED) is 0.537. The van der Waals surface area contributed by atoms with Gasteiger partial charge in [0.2, 0.25) is 0 Å². The molecule has 2 aliphatic carbocycles. The molecule has 0 spiro atoms. The van der Waals surface area contributed by atoms with Crippen LogP contribution in [0.4, 0.5) is 0 Å². The largest absolute Gasteiger partial charge is 0.507 e. The Morgan fingerprint density at radius 3 is 2.50 bits per heavy atom. The summed E-state index contributed by atoms with van der Waals surface area (Å²) in [5, 5.41) is 40.8. The minimum absolute atomic E-state index is 0.0110. The Bertz CT molecular complexity index is 1120. The molecule has 0 aromatic heterocycles. The summed E-state index contributed by atoms with van der Waals surface area (Å²) >= 11 is 0. The molecule has 9 nitrogen and oxygen atoms in total. The molecule has 5 unspecified atom stereocenters. The van der Waals surface area contributed by atoms with Gasteiger partial charge in [-0.25, -0.2) is 0 Å². The highest BCUT2D eigenvalue weighted by atomic mass is 16.5. The summed E-state index contributed by atoms with van der Waals surface area (Å²) < 4.78 is 11.5. The second-order valence-corrected chi connectivity index (χ2v) is 9.18. The standard InChI is InChI=1S/C23H24O9/c1-7-14(21-17-22(29)23(17,30)9(3)32-21)19(27)12-5-10-4-11(6-13(24)25)31-8(2)15(10)20(28)16(12)18(7)26/h5,8-9,11,17,21-22,28-30H,4,6H2,1-3H3,(H,24,25)/t8-,9?,11+,17?,21?,22?,23?/m0/s1. The first-order chi connectivity index (χ1) is 15.0. The van der Waals surface area contributed by atoms with Crippen molar-refractivity contribution in [3.8, 4) is 5.75 Å². The van der Waals surface area contributed by atoms with E-state index in [0.29, 0.717) is 11.1 Å². The van der Waals surface area contributed by atoms with Gasteiger partial charge in [0.05, 0.1) is 48.4 Å². The molecule has 2 fully saturated rings. The van der Waals surface area contributed by atoms with Gasteiger partial charge < -0.3 is 29.9 Å². The zero-order chi connectivity index (χ0) is 23.3. The zero-order valence-corrected chi connectivity index (χ0v) is 17.8. The summed E-state index contributed by atoms with van der Waals surface area (Å²) in [5.41, 5.74) is -0.442. The topological polar surface area (TPSA) is 151 Å². The first-order valence-electron chi connectivity index (χ1n) is 10.6. The van der Waals surface area contributed by atoms with Crippen LogP contribution in [0.25, 0.3) is 0 Å². The van der Waals surface area contributed by atoms with Crippen molar-refractivity contribution in [1.29, 1.82) is 0 Å². The Balaban J connectivity index is 1.59. The van der Waals surface area contributed by atoms with Crippen molar-refractivity contribution in [1.82, 2.24) is 0 Å². The number of aliphatic carboxylic acids is 1. The summed E-state index contributed by atoms with van der Waals surface area (Å²) in [6.45, 7) is 4.74. The number of carbonyl (C=O) groups excluding carboxylic acids is 2. The minimum Gasteiger partial charge on any atom is -0.507 e. The molecule has 2 aliphatic heterocycles. The van der Waals surface area contributed by atoms with Gasteiger partial charge in [0.1, 0.15) is 11.4 Å². The number of aliphatic hydroxyl groups is 2. The normalized spacial score (nSPS) is 37.8. The molecule has 1 aromatic rings. The fraction of sp³-hybridized carbons (Fsp3) is 0.522. The van der Waals surface area contributed by atoms with Crippen molar-refractivity contribution in [2.24, 2.45) is 5.92 Å². The number of allylic oxidation sites excluding steroid dienone is 1. The number of carbonyl (C=O) groups is 3. The highest BCUT2D eigenvalue weighted by Crippen LogP contribution is 2.58. The average Bonchev–Trinajstić information content (AvgIpc) is 3.14. The SMILES string of the molecule is CC1=C(C2OC(C)C3(O)C(O)C23)C(=O)c2cc3c(c(O)c2C1=O)[C@H](C)O[C@@H](CC(=O)O)C3. The second-order valence-electron chi connectivity index (χ2n) is 9.18. The van der Waals surface area contributed by atoms with E-state index >= 15 is 0 Å².